The van der Waals surface area contributed by atoms with Gasteiger partial charge in [-0.25, -0.2) is 0 Å². The Labute approximate surface area is 59.4 Å². The molecule has 3 heteroatoms. The maximum absolute atomic E-state index is 3.25. The summed E-state index contributed by atoms with van der Waals surface area (Å²) in [5.41, 5.74) is 0. The van der Waals surface area contributed by atoms with E-state index in [0.717, 1.165) is 0 Å². The van der Waals surface area contributed by atoms with Crippen LogP contribution in [-0.2, 0) is 13.2 Å². The molecular weight excluding hydrogens is 261 g/mol. The molecule has 0 atom stereocenters. The van der Waals surface area contributed by atoms with Crippen LogP contribution in [0.5, 0.6) is 0 Å². The first-order chi connectivity index (χ1) is 2.91. The quantitative estimate of drug-likeness (QED) is 0.592. The molecule has 0 aromatic rings. The summed E-state index contributed by atoms with van der Waals surface area (Å²) in [6.45, 7) is 0. The van der Waals surface area contributed by atoms with Gasteiger partial charge in [0.05, 0.1) is 0 Å². The Morgan fingerprint density at radius 2 is 1.17 bits per heavy atom. The molecule has 6 heavy (non-hydrogen) atoms. The standard InChI is InChI=1S/C3H6.2BrH.Zn/c1-2-3-1;;;/h1-3H2;2*1H;/q;;;+2/p-2. The van der Waals surface area contributed by atoms with E-state index in [9.17, 15) is 0 Å². The minimum atomic E-state index is -0.250. The van der Waals surface area contributed by atoms with E-state index in [0.29, 0.717) is 0 Å². The second-order valence-electron chi connectivity index (χ2n) is 1.16. The van der Waals surface area contributed by atoms with Gasteiger partial charge in [-0.2, -0.15) is 0 Å². The first-order valence-corrected chi connectivity index (χ1v) is 15.9. The zero-order chi connectivity index (χ0) is 4.83. The molecule has 0 bridgehead atoms. The van der Waals surface area contributed by atoms with Crippen LogP contribution in [0.4, 0.5) is 0 Å². The molecule has 0 heterocycles. The molecule has 0 aromatic carbocycles. The third kappa shape index (κ3) is 17.6. The van der Waals surface area contributed by atoms with Gasteiger partial charge in [-0.3, -0.25) is 0 Å². The molecule has 1 aliphatic rings. The van der Waals surface area contributed by atoms with Crippen LogP contribution in [0.25, 0.3) is 0 Å². The zero-order valence-electron chi connectivity index (χ0n) is 3.58. The van der Waals surface area contributed by atoms with Gasteiger partial charge in [0, 0.05) is 0 Å². The van der Waals surface area contributed by atoms with E-state index in [1.165, 1.54) is 19.3 Å². The number of hydrogen-bond acceptors (Lipinski definition) is 0. The molecule has 0 saturated heterocycles. The average molecular weight is 267 g/mol. The molecule has 1 saturated carbocycles. The molecule has 1 fully saturated rings. The summed E-state index contributed by atoms with van der Waals surface area (Å²) >= 11 is 6.25. The van der Waals surface area contributed by atoms with E-state index >= 15 is 0 Å². The van der Waals surface area contributed by atoms with E-state index in [4.69, 9.17) is 0 Å². The molecular formula is C3H6Br2Zn. The Balaban J connectivity index is 0.0000000833. The van der Waals surface area contributed by atoms with Crippen molar-refractivity contribution < 1.29 is 13.2 Å². The van der Waals surface area contributed by atoms with Crippen molar-refractivity contribution in [2.45, 2.75) is 19.3 Å². The van der Waals surface area contributed by atoms with Crippen molar-refractivity contribution >= 4 is 27.2 Å². The molecule has 0 radical (unpaired) electrons. The monoisotopic (exact) mass is 264 g/mol. The van der Waals surface area contributed by atoms with Gasteiger partial charge in [-0.15, -0.1) is 0 Å². The van der Waals surface area contributed by atoms with Crippen LogP contribution in [0.2, 0.25) is 0 Å². The van der Waals surface area contributed by atoms with E-state index in [1.54, 1.807) is 0 Å². The second kappa shape index (κ2) is 6.58. The summed E-state index contributed by atoms with van der Waals surface area (Å²) in [5.74, 6) is 0. The van der Waals surface area contributed by atoms with Crippen LogP contribution in [0, 0.1) is 0 Å². The van der Waals surface area contributed by atoms with Crippen LogP contribution in [0.3, 0.4) is 0 Å². The van der Waals surface area contributed by atoms with Crippen molar-refractivity contribution in [3.8, 4) is 0 Å². The predicted octanol–water partition coefficient (Wildman–Crippen LogP) is 2.86. The molecule has 0 aromatic heterocycles. The molecule has 34 valence electrons. The van der Waals surface area contributed by atoms with E-state index < -0.39 is 0 Å². The van der Waals surface area contributed by atoms with Crippen molar-refractivity contribution in [2.24, 2.45) is 0 Å². The summed E-state index contributed by atoms with van der Waals surface area (Å²) < 4.78 is 0. The van der Waals surface area contributed by atoms with Gasteiger partial charge in [0.25, 0.3) is 0 Å². The summed E-state index contributed by atoms with van der Waals surface area (Å²) in [4.78, 5) is 0. The van der Waals surface area contributed by atoms with Crippen LogP contribution >= 0.6 is 27.2 Å². The summed E-state index contributed by atoms with van der Waals surface area (Å²) in [6.07, 6.45) is 4.50. The maximum atomic E-state index is 3.25. The first kappa shape index (κ1) is 7.58. The van der Waals surface area contributed by atoms with Gasteiger partial charge in [0.1, 0.15) is 0 Å². The third-order valence-corrected chi connectivity index (χ3v) is 0.354. The zero-order valence-corrected chi connectivity index (χ0v) is 9.72. The Hall–Kier alpha value is 1.58. The summed E-state index contributed by atoms with van der Waals surface area (Å²) in [7, 11) is 0. The fourth-order valence-electron chi connectivity index (χ4n) is 0. The first-order valence-electron chi connectivity index (χ1n) is 2.03. The fraction of sp³-hybridized carbons (Fsp3) is 1.00. The van der Waals surface area contributed by atoms with Crippen molar-refractivity contribution in [3.05, 3.63) is 0 Å². The summed E-state index contributed by atoms with van der Waals surface area (Å²) in [6, 6.07) is 0. The van der Waals surface area contributed by atoms with Gasteiger partial charge in [0.15, 0.2) is 0 Å². The SMILES string of the molecule is C1CC1.[Br][Zn][Br]. The molecule has 1 aliphatic carbocycles. The number of rotatable bonds is 0. The molecule has 1 rings (SSSR count). The molecule has 0 amide bonds. The van der Waals surface area contributed by atoms with Gasteiger partial charge in [-0.05, 0) is 0 Å². The fourth-order valence-corrected chi connectivity index (χ4v) is 0. The molecule has 0 nitrogen and oxygen atoms in total. The topological polar surface area (TPSA) is 0 Å². The third-order valence-electron chi connectivity index (χ3n) is 0.354. The van der Waals surface area contributed by atoms with E-state index in [1.807, 2.05) is 0 Å². The average Bonchev–Trinajstić information content (AvgIpc) is 2.11. The van der Waals surface area contributed by atoms with Crippen molar-refractivity contribution in [1.29, 1.82) is 0 Å². The van der Waals surface area contributed by atoms with E-state index in [2.05, 4.69) is 27.2 Å². The van der Waals surface area contributed by atoms with Crippen molar-refractivity contribution in [1.82, 2.24) is 0 Å². The Morgan fingerprint density at radius 1 is 1.00 bits per heavy atom. The van der Waals surface area contributed by atoms with Gasteiger partial charge in [0.2, 0.25) is 0 Å². The van der Waals surface area contributed by atoms with Crippen molar-refractivity contribution in [3.63, 3.8) is 0 Å². The Kier molecular flexibility index (Phi) is 8.32. The van der Waals surface area contributed by atoms with Crippen LogP contribution in [-0.4, -0.2) is 0 Å². The molecule has 0 spiro atoms. The molecule has 0 aliphatic heterocycles. The number of hydrogen-bond donors (Lipinski definition) is 0. The van der Waals surface area contributed by atoms with Crippen LogP contribution < -0.4 is 0 Å². The molecule has 0 N–H and O–H groups in total. The van der Waals surface area contributed by atoms with Crippen LogP contribution in [0.1, 0.15) is 19.3 Å². The van der Waals surface area contributed by atoms with Gasteiger partial charge >= 0.3 is 40.5 Å². The van der Waals surface area contributed by atoms with Gasteiger partial charge in [-0.1, -0.05) is 19.3 Å². The second-order valence-corrected chi connectivity index (χ2v) is 15.2. The predicted molar refractivity (Wildman–Crippen MR) is 31.7 cm³/mol. The van der Waals surface area contributed by atoms with Gasteiger partial charge < -0.3 is 0 Å². The Bertz CT molecular complexity index is 20.0. The van der Waals surface area contributed by atoms with Crippen molar-refractivity contribution in [2.75, 3.05) is 0 Å². The molecule has 0 unspecified atom stereocenters. The number of halogens is 2. The summed E-state index contributed by atoms with van der Waals surface area (Å²) in [5, 5.41) is 0. The minimum absolute atomic E-state index is 0.250. The Morgan fingerprint density at radius 3 is 1.17 bits per heavy atom. The van der Waals surface area contributed by atoms with E-state index in [-0.39, 0.29) is 13.2 Å². The normalized spacial score (nSPS) is 13.7. The van der Waals surface area contributed by atoms with Crippen LogP contribution in [0.15, 0.2) is 0 Å².